The minimum absolute atomic E-state index is 0.0276. The Labute approximate surface area is 181 Å². The Balaban J connectivity index is 1.35. The summed E-state index contributed by atoms with van der Waals surface area (Å²) >= 11 is 6.24. The van der Waals surface area contributed by atoms with E-state index in [9.17, 15) is 9.59 Å². The van der Waals surface area contributed by atoms with Gasteiger partial charge in [0.1, 0.15) is 5.66 Å². The first kappa shape index (κ1) is 19.4. The first-order valence-electron chi connectivity index (χ1n) is 10.6. The lowest BCUT2D eigenvalue weighted by molar-refractivity contribution is -0.139. The molecule has 3 saturated carbocycles. The van der Waals surface area contributed by atoms with Crippen molar-refractivity contribution < 1.29 is 9.59 Å². The van der Waals surface area contributed by atoms with Crippen molar-refractivity contribution in [3.63, 3.8) is 0 Å². The van der Waals surface area contributed by atoms with Gasteiger partial charge in [-0.2, -0.15) is 0 Å². The molecule has 6 rings (SSSR count). The molecule has 1 aliphatic heterocycles. The molecular formula is C24H26ClN3O2. The molecule has 1 spiro atoms. The molecule has 5 nitrogen and oxygen atoms in total. The lowest BCUT2D eigenvalue weighted by Crippen LogP contribution is -2.70. The fourth-order valence-corrected chi connectivity index (χ4v) is 6.00. The zero-order chi connectivity index (χ0) is 20.9. The van der Waals surface area contributed by atoms with Crippen LogP contribution in [0.3, 0.4) is 0 Å². The number of anilines is 1. The molecule has 30 heavy (non-hydrogen) atoms. The number of fused-ring (bicyclic) bond motifs is 3. The molecule has 0 aromatic heterocycles. The molecule has 0 saturated heterocycles. The van der Waals surface area contributed by atoms with E-state index in [-0.39, 0.29) is 29.1 Å². The highest BCUT2D eigenvalue weighted by Gasteiger charge is 2.60. The quantitative estimate of drug-likeness (QED) is 0.688. The number of benzene rings is 2. The first-order valence-corrected chi connectivity index (χ1v) is 11.0. The van der Waals surface area contributed by atoms with Crippen molar-refractivity contribution in [2.45, 2.75) is 44.8 Å². The fraction of sp³-hybridized carbons (Fsp3) is 0.417. The van der Waals surface area contributed by atoms with Gasteiger partial charge in [-0.1, -0.05) is 48.9 Å². The summed E-state index contributed by atoms with van der Waals surface area (Å²) in [6, 6.07) is 15.2. The standard InChI is InChI=1S/C24H26ClN3O2/c1-23-11-10-16(12-18(23)22(30)26-13-15-6-2-4-8-19(15)25)24(14-23)27-20-9-5-3-7-17(20)21(29)28-24/h2-9,16,18,27H,10-14H2,1H3,(H,26,30)(H,28,29)/t16-,18+,23-,24-/m0/s1. The van der Waals surface area contributed by atoms with Crippen molar-refractivity contribution >= 4 is 29.1 Å². The van der Waals surface area contributed by atoms with Gasteiger partial charge in [0, 0.05) is 29.1 Å². The third-order valence-corrected chi connectivity index (χ3v) is 7.77. The van der Waals surface area contributed by atoms with Gasteiger partial charge in [-0.25, -0.2) is 0 Å². The topological polar surface area (TPSA) is 70.2 Å². The number of nitrogens with one attached hydrogen (secondary N) is 3. The van der Waals surface area contributed by atoms with Crippen LogP contribution in [-0.4, -0.2) is 17.5 Å². The number of carbonyl (C=O) groups excluding carboxylic acids is 2. The monoisotopic (exact) mass is 423 g/mol. The predicted molar refractivity (Wildman–Crippen MR) is 117 cm³/mol. The van der Waals surface area contributed by atoms with E-state index >= 15 is 0 Å². The Morgan fingerprint density at radius 1 is 1.17 bits per heavy atom. The molecule has 1 heterocycles. The van der Waals surface area contributed by atoms with Crippen molar-refractivity contribution in [3.05, 3.63) is 64.7 Å². The number of halogens is 1. The van der Waals surface area contributed by atoms with Crippen molar-refractivity contribution in [1.29, 1.82) is 0 Å². The van der Waals surface area contributed by atoms with Crippen molar-refractivity contribution in [1.82, 2.24) is 10.6 Å². The van der Waals surface area contributed by atoms with Gasteiger partial charge in [0.05, 0.1) is 5.56 Å². The van der Waals surface area contributed by atoms with Crippen LogP contribution in [0.1, 0.15) is 48.5 Å². The summed E-state index contributed by atoms with van der Waals surface area (Å²) in [5, 5.41) is 10.7. The molecule has 156 valence electrons. The third-order valence-electron chi connectivity index (χ3n) is 7.40. The predicted octanol–water partition coefficient (Wildman–Crippen LogP) is 4.33. The van der Waals surface area contributed by atoms with E-state index in [1.54, 1.807) is 0 Å². The smallest absolute Gasteiger partial charge is 0.255 e. The number of rotatable bonds is 3. The molecule has 2 bridgehead atoms. The average molecular weight is 424 g/mol. The van der Waals surface area contributed by atoms with E-state index < -0.39 is 5.66 Å². The maximum absolute atomic E-state index is 13.1. The van der Waals surface area contributed by atoms with Crippen LogP contribution in [0.15, 0.2) is 48.5 Å². The second kappa shape index (κ2) is 7.02. The number of carbonyl (C=O) groups is 2. The van der Waals surface area contributed by atoms with Crippen LogP contribution in [0.5, 0.6) is 0 Å². The highest BCUT2D eigenvalue weighted by molar-refractivity contribution is 6.31. The SMILES string of the molecule is C[C@@]12CC[C@@H](C[C@@H]1C(=O)NCc1ccccc1Cl)[C@]1(C2)NC(=O)c2ccccc2N1. The Morgan fingerprint density at radius 2 is 1.93 bits per heavy atom. The first-order chi connectivity index (χ1) is 14.4. The molecule has 3 N–H and O–H groups in total. The van der Waals surface area contributed by atoms with E-state index in [1.165, 1.54) is 0 Å². The molecule has 4 atom stereocenters. The third kappa shape index (κ3) is 3.07. The summed E-state index contributed by atoms with van der Waals surface area (Å²) in [6.45, 7) is 2.63. The normalized spacial score (nSPS) is 31.6. The van der Waals surface area contributed by atoms with Crippen LogP contribution in [0.2, 0.25) is 5.02 Å². The number of para-hydroxylation sites is 1. The van der Waals surface area contributed by atoms with Crippen molar-refractivity contribution in [2.75, 3.05) is 5.32 Å². The zero-order valence-electron chi connectivity index (χ0n) is 17.0. The molecule has 3 aliphatic carbocycles. The Morgan fingerprint density at radius 3 is 2.73 bits per heavy atom. The van der Waals surface area contributed by atoms with E-state index in [0.29, 0.717) is 17.1 Å². The van der Waals surface area contributed by atoms with Crippen LogP contribution in [0, 0.1) is 17.3 Å². The molecule has 2 amide bonds. The second-order valence-corrected chi connectivity index (χ2v) is 9.67. The van der Waals surface area contributed by atoms with Gasteiger partial charge in [0.15, 0.2) is 0 Å². The fourth-order valence-electron chi connectivity index (χ4n) is 5.80. The van der Waals surface area contributed by atoms with Crippen LogP contribution in [0.25, 0.3) is 0 Å². The average Bonchev–Trinajstić information content (AvgIpc) is 2.72. The summed E-state index contributed by atoms with van der Waals surface area (Å²) in [5.41, 5.74) is 1.85. The van der Waals surface area contributed by atoms with Crippen LogP contribution in [0.4, 0.5) is 5.69 Å². The summed E-state index contributed by atoms with van der Waals surface area (Å²) in [6.07, 6.45) is 3.50. The zero-order valence-corrected chi connectivity index (χ0v) is 17.8. The van der Waals surface area contributed by atoms with Crippen LogP contribution < -0.4 is 16.0 Å². The lowest BCUT2D eigenvalue weighted by Gasteiger charge is -2.60. The maximum Gasteiger partial charge on any atom is 0.255 e. The number of hydrogen-bond acceptors (Lipinski definition) is 3. The van der Waals surface area contributed by atoms with Gasteiger partial charge in [-0.3, -0.25) is 9.59 Å². The minimum Gasteiger partial charge on any atom is -0.362 e. The summed E-state index contributed by atoms with van der Waals surface area (Å²) in [4.78, 5) is 26.0. The van der Waals surface area contributed by atoms with Gasteiger partial charge in [-0.15, -0.1) is 0 Å². The molecule has 0 radical (unpaired) electrons. The largest absolute Gasteiger partial charge is 0.362 e. The lowest BCUT2D eigenvalue weighted by atomic mass is 9.51. The van der Waals surface area contributed by atoms with Gasteiger partial charge < -0.3 is 16.0 Å². The molecule has 4 aliphatic rings. The van der Waals surface area contributed by atoms with Gasteiger partial charge in [-0.05, 0) is 54.9 Å². The maximum atomic E-state index is 13.1. The molecular weight excluding hydrogens is 398 g/mol. The summed E-state index contributed by atoms with van der Waals surface area (Å²) in [5.74, 6) is 0.202. The van der Waals surface area contributed by atoms with Gasteiger partial charge >= 0.3 is 0 Å². The summed E-state index contributed by atoms with van der Waals surface area (Å²) in [7, 11) is 0. The van der Waals surface area contributed by atoms with E-state index in [4.69, 9.17) is 11.6 Å². The minimum atomic E-state index is -0.474. The second-order valence-electron chi connectivity index (χ2n) is 9.26. The molecule has 6 heteroatoms. The molecule has 2 aromatic rings. The number of amides is 2. The Bertz CT molecular complexity index is 1030. The Kier molecular flexibility index (Phi) is 4.55. The Hall–Kier alpha value is -2.53. The van der Waals surface area contributed by atoms with Gasteiger partial charge in [0.25, 0.3) is 5.91 Å². The van der Waals surface area contributed by atoms with E-state index in [0.717, 1.165) is 36.9 Å². The van der Waals surface area contributed by atoms with E-state index in [1.807, 2.05) is 48.5 Å². The van der Waals surface area contributed by atoms with Crippen molar-refractivity contribution in [2.24, 2.45) is 17.3 Å². The van der Waals surface area contributed by atoms with Crippen LogP contribution >= 0.6 is 11.6 Å². The van der Waals surface area contributed by atoms with Gasteiger partial charge in [0.2, 0.25) is 5.91 Å². The molecule has 2 aromatic carbocycles. The van der Waals surface area contributed by atoms with Crippen LogP contribution in [-0.2, 0) is 11.3 Å². The van der Waals surface area contributed by atoms with E-state index in [2.05, 4.69) is 22.9 Å². The highest BCUT2D eigenvalue weighted by Crippen LogP contribution is 2.58. The highest BCUT2D eigenvalue weighted by atomic mass is 35.5. The summed E-state index contributed by atoms with van der Waals surface area (Å²) < 4.78 is 0. The molecule has 0 unspecified atom stereocenters. The van der Waals surface area contributed by atoms with Crippen molar-refractivity contribution in [3.8, 4) is 0 Å². The number of hydrogen-bond donors (Lipinski definition) is 3. The molecule has 3 fully saturated rings.